The number of carboxylic acid groups (broad SMARTS) is 1. The van der Waals surface area contributed by atoms with Gasteiger partial charge >= 0.3 is 12.1 Å². The van der Waals surface area contributed by atoms with Crippen LogP contribution in [-0.2, 0) is 11.0 Å². The molecule has 0 aliphatic rings. The minimum absolute atomic E-state index is 0.101. The Bertz CT molecular complexity index is 729. The summed E-state index contributed by atoms with van der Waals surface area (Å²) in [5.74, 6) is -1.00. The standard InChI is InChI=1S/C18H15F3O2/c1-2-13(17(22)23)11-12-7-9-14(10-8-12)15-5-3-4-6-16(15)18(19,20)21/h3-11H,2H2,1H3,(H,22,23)/b13-11+. The first-order chi connectivity index (χ1) is 10.8. The highest BCUT2D eigenvalue weighted by molar-refractivity contribution is 5.92. The first-order valence-corrected chi connectivity index (χ1v) is 7.03. The number of hydrogen-bond acceptors (Lipinski definition) is 1. The summed E-state index contributed by atoms with van der Waals surface area (Å²) in [4.78, 5) is 11.0. The highest BCUT2D eigenvalue weighted by Gasteiger charge is 2.33. The van der Waals surface area contributed by atoms with Crippen LogP contribution in [0.15, 0.2) is 54.1 Å². The van der Waals surface area contributed by atoms with Crippen molar-refractivity contribution in [3.05, 3.63) is 65.2 Å². The van der Waals surface area contributed by atoms with Crippen LogP contribution >= 0.6 is 0 Å². The molecule has 0 aromatic heterocycles. The average molecular weight is 320 g/mol. The molecule has 0 spiro atoms. The van der Waals surface area contributed by atoms with E-state index in [1.165, 1.54) is 18.2 Å². The van der Waals surface area contributed by atoms with Gasteiger partial charge in [-0.15, -0.1) is 0 Å². The Morgan fingerprint density at radius 1 is 1.09 bits per heavy atom. The second kappa shape index (κ2) is 6.69. The fourth-order valence-corrected chi connectivity index (χ4v) is 2.26. The predicted molar refractivity (Wildman–Crippen MR) is 82.8 cm³/mol. The van der Waals surface area contributed by atoms with E-state index in [1.807, 2.05) is 0 Å². The van der Waals surface area contributed by atoms with Crippen molar-refractivity contribution in [3.8, 4) is 11.1 Å². The van der Waals surface area contributed by atoms with Gasteiger partial charge in [0.15, 0.2) is 0 Å². The summed E-state index contributed by atoms with van der Waals surface area (Å²) in [6.45, 7) is 1.73. The van der Waals surface area contributed by atoms with Crippen molar-refractivity contribution in [1.82, 2.24) is 0 Å². The van der Waals surface area contributed by atoms with Crippen molar-refractivity contribution in [2.75, 3.05) is 0 Å². The van der Waals surface area contributed by atoms with Crippen LogP contribution in [0.1, 0.15) is 24.5 Å². The summed E-state index contributed by atoms with van der Waals surface area (Å²) >= 11 is 0. The molecule has 0 amide bonds. The number of alkyl halides is 3. The maximum absolute atomic E-state index is 13.0. The molecular weight excluding hydrogens is 305 g/mol. The van der Waals surface area contributed by atoms with Crippen LogP contribution in [-0.4, -0.2) is 11.1 Å². The summed E-state index contributed by atoms with van der Waals surface area (Å²) in [7, 11) is 0. The van der Waals surface area contributed by atoms with Gasteiger partial charge in [-0.2, -0.15) is 13.2 Å². The zero-order valence-electron chi connectivity index (χ0n) is 12.4. The molecule has 0 unspecified atom stereocenters. The minimum Gasteiger partial charge on any atom is -0.478 e. The zero-order chi connectivity index (χ0) is 17.0. The van der Waals surface area contributed by atoms with Crippen molar-refractivity contribution in [2.24, 2.45) is 0 Å². The van der Waals surface area contributed by atoms with Crippen LogP contribution in [0.5, 0.6) is 0 Å². The van der Waals surface area contributed by atoms with Crippen LogP contribution in [0.4, 0.5) is 13.2 Å². The molecule has 0 saturated heterocycles. The summed E-state index contributed by atoms with van der Waals surface area (Å²) in [5, 5.41) is 9.00. The summed E-state index contributed by atoms with van der Waals surface area (Å²) < 4.78 is 39.1. The lowest BCUT2D eigenvalue weighted by atomic mass is 9.98. The summed E-state index contributed by atoms with van der Waals surface area (Å²) in [6.07, 6.45) is -2.54. The van der Waals surface area contributed by atoms with Gasteiger partial charge in [0, 0.05) is 5.57 Å². The Hall–Kier alpha value is -2.56. The molecule has 0 radical (unpaired) electrons. The minimum atomic E-state index is -4.42. The monoisotopic (exact) mass is 320 g/mol. The van der Waals surface area contributed by atoms with Crippen LogP contribution < -0.4 is 0 Å². The molecule has 1 N–H and O–H groups in total. The fraction of sp³-hybridized carbons (Fsp3) is 0.167. The van der Waals surface area contributed by atoms with E-state index in [4.69, 9.17) is 5.11 Å². The van der Waals surface area contributed by atoms with E-state index in [2.05, 4.69) is 0 Å². The lowest BCUT2D eigenvalue weighted by molar-refractivity contribution is -0.137. The Kier molecular flexibility index (Phi) is 4.89. The second-order valence-electron chi connectivity index (χ2n) is 4.99. The Morgan fingerprint density at radius 2 is 1.70 bits per heavy atom. The Labute approximate surface area is 131 Å². The Morgan fingerprint density at radius 3 is 2.22 bits per heavy atom. The van der Waals surface area contributed by atoms with Gasteiger partial charge in [-0.05, 0) is 35.3 Å². The summed E-state index contributed by atoms with van der Waals surface area (Å²) in [5.41, 5.74) is 0.724. The van der Waals surface area contributed by atoms with Crippen LogP contribution in [0.25, 0.3) is 17.2 Å². The number of hydrogen-bond donors (Lipinski definition) is 1. The topological polar surface area (TPSA) is 37.3 Å². The third-order valence-corrected chi connectivity index (χ3v) is 3.45. The largest absolute Gasteiger partial charge is 0.478 e. The molecule has 2 aromatic carbocycles. The van der Waals surface area contributed by atoms with E-state index in [0.29, 0.717) is 17.5 Å². The molecule has 5 heteroatoms. The number of halogens is 3. The van der Waals surface area contributed by atoms with Crippen LogP contribution in [0, 0.1) is 0 Å². The highest BCUT2D eigenvalue weighted by atomic mass is 19.4. The van der Waals surface area contributed by atoms with E-state index in [1.54, 1.807) is 37.3 Å². The fourth-order valence-electron chi connectivity index (χ4n) is 2.26. The first kappa shape index (κ1) is 16.8. The zero-order valence-corrected chi connectivity index (χ0v) is 12.4. The highest BCUT2D eigenvalue weighted by Crippen LogP contribution is 2.36. The third-order valence-electron chi connectivity index (χ3n) is 3.45. The molecule has 0 fully saturated rings. The first-order valence-electron chi connectivity index (χ1n) is 7.03. The van der Waals surface area contributed by atoms with Gasteiger partial charge < -0.3 is 5.11 Å². The maximum atomic E-state index is 13.0. The maximum Gasteiger partial charge on any atom is 0.417 e. The molecule has 0 saturated carbocycles. The van der Waals surface area contributed by atoms with Crippen LogP contribution in [0.3, 0.4) is 0 Å². The van der Waals surface area contributed by atoms with E-state index in [-0.39, 0.29) is 11.1 Å². The van der Waals surface area contributed by atoms with Crippen molar-refractivity contribution in [3.63, 3.8) is 0 Å². The lowest BCUT2D eigenvalue weighted by Crippen LogP contribution is -2.06. The molecule has 2 aromatic rings. The van der Waals surface area contributed by atoms with Gasteiger partial charge in [0.1, 0.15) is 0 Å². The number of benzene rings is 2. The van der Waals surface area contributed by atoms with Gasteiger partial charge in [-0.3, -0.25) is 0 Å². The van der Waals surface area contributed by atoms with Gasteiger partial charge in [-0.25, -0.2) is 4.79 Å². The normalized spacial score (nSPS) is 12.3. The second-order valence-corrected chi connectivity index (χ2v) is 4.99. The van der Waals surface area contributed by atoms with E-state index in [9.17, 15) is 18.0 Å². The predicted octanol–water partition coefficient (Wildman–Crippen LogP) is 5.25. The lowest BCUT2D eigenvalue weighted by Gasteiger charge is -2.13. The Balaban J connectivity index is 2.40. The van der Waals surface area contributed by atoms with Gasteiger partial charge in [0.2, 0.25) is 0 Å². The van der Waals surface area contributed by atoms with E-state index >= 15 is 0 Å². The SMILES string of the molecule is CC/C(=C\c1ccc(-c2ccccc2C(F)(F)F)cc1)C(=O)O. The number of carbonyl (C=O) groups is 1. The number of carboxylic acids is 1. The molecule has 0 aliphatic carbocycles. The van der Waals surface area contributed by atoms with E-state index in [0.717, 1.165) is 6.07 Å². The van der Waals surface area contributed by atoms with Crippen LogP contribution in [0.2, 0.25) is 0 Å². The third kappa shape index (κ3) is 4.00. The molecule has 0 aliphatic heterocycles. The molecule has 2 nitrogen and oxygen atoms in total. The molecule has 0 atom stereocenters. The van der Waals surface area contributed by atoms with Crippen molar-refractivity contribution in [2.45, 2.75) is 19.5 Å². The molecular formula is C18H15F3O2. The van der Waals surface area contributed by atoms with E-state index < -0.39 is 17.7 Å². The van der Waals surface area contributed by atoms with Gasteiger partial charge in [0.05, 0.1) is 5.56 Å². The molecule has 23 heavy (non-hydrogen) atoms. The number of aliphatic carboxylic acids is 1. The molecule has 2 rings (SSSR count). The number of rotatable bonds is 4. The summed E-state index contributed by atoms with van der Waals surface area (Å²) in [6, 6.07) is 11.7. The van der Waals surface area contributed by atoms with Crippen molar-refractivity contribution < 1.29 is 23.1 Å². The van der Waals surface area contributed by atoms with Crippen molar-refractivity contribution in [1.29, 1.82) is 0 Å². The van der Waals surface area contributed by atoms with Gasteiger partial charge in [-0.1, -0.05) is 49.4 Å². The molecule has 120 valence electrons. The smallest absolute Gasteiger partial charge is 0.417 e. The van der Waals surface area contributed by atoms with Gasteiger partial charge in [0.25, 0.3) is 0 Å². The molecule has 0 bridgehead atoms. The van der Waals surface area contributed by atoms with Crippen molar-refractivity contribution >= 4 is 12.0 Å². The quantitative estimate of drug-likeness (QED) is 0.781. The molecule has 0 heterocycles. The average Bonchev–Trinajstić information content (AvgIpc) is 2.52.